The molecule has 0 saturated carbocycles. The molecule has 0 bridgehead atoms. The molecule has 90 valence electrons. The Morgan fingerprint density at radius 1 is 1.47 bits per heavy atom. The zero-order valence-electron chi connectivity index (χ0n) is 9.38. The fourth-order valence-electron chi connectivity index (χ4n) is 1.31. The summed E-state index contributed by atoms with van der Waals surface area (Å²) in [4.78, 5) is 8.27. The molecule has 0 atom stereocenters. The average molecular weight is 235 g/mol. The van der Waals surface area contributed by atoms with Crippen molar-refractivity contribution in [3.63, 3.8) is 0 Å². The van der Waals surface area contributed by atoms with Crippen molar-refractivity contribution in [2.75, 3.05) is 18.2 Å². The summed E-state index contributed by atoms with van der Waals surface area (Å²) >= 11 is 0. The van der Waals surface area contributed by atoms with Gasteiger partial charge in [-0.2, -0.15) is 0 Å². The lowest BCUT2D eigenvalue weighted by atomic mass is 10.4. The molecule has 0 aliphatic carbocycles. The van der Waals surface area contributed by atoms with Crippen LogP contribution in [0.4, 0.5) is 11.6 Å². The molecule has 17 heavy (non-hydrogen) atoms. The van der Waals surface area contributed by atoms with Crippen molar-refractivity contribution in [1.82, 2.24) is 15.1 Å². The summed E-state index contributed by atoms with van der Waals surface area (Å²) in [6.45, 7) is 0.836. The standard InChI is InChI=1S/C10H13N5O2/c1-16-6-10-13-8(11)4-9(14-10)12-5-7-2-3-17-15-7/h2-4H,5-6H2,1H3,(H3,11,12,13,14). The number of ether oxygens (including phenoxy) is 1. The summed E-state index contributed by atoms with van der Waals surface area (Å²) in [6.07, 6.45) is 1.52. The van der Waals surface area contributed by atoms with Crippen molar-refractivity contribution in [3.8, 4) is 0 Å². The third-order valence-corrected chi connectivity index (χ3v) is 2.01. The van der Waals surface area contributed by atoms with Gasteiger partial charge < -0.3 is 20.3 Å². The van der Waals surface area contributed by atoms with Crippen LogP contribution >= 0.6 is 0 Å². The Hall–Kier alpha value is -2.15. The van der Waals surface area contributed by atoms with Crippen molar-refractivity contribution < 1.29 is 9.26 Å². The first-order valence-corrected chi connectivity index (χ1v) is 5.03. The van der Waals surface area contributed by atoms with Crippen LogP contribution in [0.2, 0.25) is 0 Å². The molecule has 0 spiro atoms. The van der Waals surface area contributed by atoms with Crippen LogP contribution in [0.3, 0.4) is 0 Å². The lowest BCUT2D eigenvalue weighted by Gasteiger charge is -2.06. The van der Waals surface area contributed by atoms with Gasteiger partial charge in [-0.05, 0) is 0 Å². The van der Waals surface area contributed by atoms with Crippen LogP contribution in [0.25, 0.3) is 0 Å². The van der Waals surface area contributed by atoms with E-state index in [2.05, 4.69) is 20.4 Å². The molecule has 0 aromatic carbocycles. The second-order valence-electron chi connectivity index (χ2n) is 3.37. The van der Waals surface area contributed by atoms with Gasteiger partial charge in [-0.1, -0.05) is 5.16 Å². The van der Waals surface area contributed by atoms with Crippen LogP contribution in [0, 0.1) is 0 Å². The Morgan fingerprint density at radius 2 is 2.35 bits per heavy atom. The highest BCUT2D eigenvalue weighted by Gasteiger charge is 2.03. The number of nitrogens with zero attached hydrogens (tertiary/aromatic N) is 3. The van der Waals surface area contributed by atoms with E-state index in [4.69, 9.17) is 15.0 Å². The molecule has 7 heteroatoms. The SMILES string of the molecule is COCc1nc(N)cc(NCc2ccon2)n1. The minimum absolute atomic E-state index is 0.323. The van der Waals surface area contributed by atoms with Gasteiger partial charge >= 0.3 is 0 Å². The Morgan fingerprint density at radius 3 is 3.06 bits per heavy atom. The molecule has 0 aliphatic heterocycles. The number of nitrogen functional groups attached to an aromatic ring is 1. The van der Waals surface area contributed by atoms with Gasteiger partial charge in [0.2, 0.25) is 0 Å². The van der Waals surface area contributed by atoms with Gasteiger partial charge in [-0.25, -0.2) is 9.97 Å². The summed E-state index contributed by atoms with van der Waals surface area (Å²) in [5, 5.41) is 6.85. The molecule has 2 aromatic rings. The molecule has 0 fully saturated rings. The molecule has 0 amide bonds. The Labute approximate surface area is 98.0 Å². The average Bonchev–Trinajstić information content (AvgIpc) is 2.79. The molecular weight excluding hydrogens is 222 g/mol. The Kier molecular flexibility index (Phi) is 3.51. The van der Waals surface area contributed by atoms with E-state index in [1.165, 1.54) is 6.26 Å². The van der Waals surface area contributed by atoms with Gasteiger partial charge in [0, 0.05) is 19.2 Å². The van der Waals surface area contributed by atoms with Crippen LogP contribution < -0.4 is 11.1 Å². The van der Waals surface area contributed by atoms with Crippen molar-refractivity contribution in [2.45, 2.75) is 13.2 Å². The van der Waals surface area contributed by atoms with E-state index in [0.717, 1.165) is 5.69 Å². The highest BCUT2D eigenvalue weighted by molar-refractivity contribution is 5.44. The van der Waals surface area contributed by atoms with E-state index in [-0.39, 0.29) is 0 Å². The monoisotopic (exact) mass is 235 g/mol. The molecule has 0 saturated heterocycles. The van der Waals surface area contributed by atoms with Crippen molar-refractivity contribution in [1.29, 1.82) is 0 Å². The van der Waals surface area contributed by atoms with Gasteiger partial charge in [0.1, 0.15) is 30.2 Å². The first-order chi connectivity index (χ1) is 8.28. The smallest absolute Gasteiger partial charge is 0.158 e. The van der Waals surface area contributed by atoms with Gasteiger partial charge in [0.25, 0.3) is 0 Å². The minimum atomic E-state index is 0.323. The first kappa shape index (κ1) is 11.3. The number of hydrogen-bond donors (Lipinski definition) is 2. The van der Waals surface area contributed by atoms with E-state index >= 15 is 0 Å². The lowest BCUT2D eigenvalue weighted by molar-refractivity contribution is 0.178. The van der Waals surface area contributed by atoms with Crippen molar-refractivity contribution in [2.24, 2.45) is 0 Å². The number of methoxy groups -OCH3 is 1. The first-order valence-electron chi connectivity index (χ1n) is 5.03. The van der Waals surface area contributed by atoms with Gasteiger partial charge in [-0.15, -0.1) is 0 Å². The summed E-state index contributed by atoms with van der Waals surface area (Å²) < 4.78 is 9.67. The summed E-state index contributed by atoms with van der Waals surface area (Å²) in [5.41, 5.74) is 6.45. The summed E-state index contributed by atoms with van der Waals surface area (Å²) in [6, 6.07) is 3.42. The Bertz CT molecular complexity index is 472. The molecule has 2 rings (SSSR count). The zero-order chi connectivity index (χ0) is 12.1. The second-order valence-corrected chi connectivity index (χ2v) is 3.37. The highest BCUT2D eigenvalue weighted by atomic mass is 16.5. The van der Waals surface area contributed by atoms with E-state index in [1.54, 1.807) is 19.2 Å². The predicted molar refractivity (Wildman–Crippen MR) is 61.0 cm³/mol. The van der Waals surface area contributed by atoms with E-state index < -0.39 is 0 Å². The fourth-order valence-corrected chi connectivity index (χ4v) is 1.31. The fraction of sp³-hybridized carbons (Fsp3) is 0.300. The van der Waals surface area contributed by atoms with Crippen LogP contribution in [0.5, 0.6) is 0 Å². The third kappa shape index (κ3) is 3.15. The molecule has 7 nitrogen and oxygen atoms in total. The molecule has 0 aliphatic rings. The summed E-state index contributed by atoms with van der Waals surface area (Å²) in [7, 11) is 1.58. The maximum atomic E-state index is 5.66. The van der Waals surface area contributed by atoms with Crippen molar-refractivity contribution >= 4 is 11.6 Å². The predicted octanol–water partition coefficient (Wildman–Crippen LogP) is 0.805. The number of nitrogens with two attached hydrogens (primary N) is 1. The molecule has 2 heterocycles. The normalized spacial score (nSPS) is 10.4. The van der Waals surface area contributed by atoms with Gasteiger partial charge in [-0.3, -0.25) is 0 Å². The van der Waals surface area contributed by atoms with Crippen molar-refractivity contribution in [3.05, 3.63) is 29.9 Å². The third-order valence-electron chi connectivity index (χ3n) is 2.01. The number of aromatic nitrogens is 3. The van der Waals surface area contributed by atoms with Crippen LogP contribution in [-0.4, -0.2) is 22.2 Å². The lowest BCUT2D eigenvalue weighted by Crippen LogP contribution is -2.07. The van der Waals surface area contributed by atoms with Crippen LogP contribution in [-0.2, 0) is 17.9 Å². The van der Waals surface area contributed by atoms with Crippen LogP contribution in [0.1, 0.15) is 11.5 Å². The molecule has 0 unspecified atom stereocenters. The zero-order valence-corrected chi connectivity index (χ0v) is 9.38. The maximum Gasteiger partial charge on any atom is 0.158 e. The van der Waals surface area contributed by atoms with E-state index in [0.29, 0.717) is 30.6 Å². The minimum Gasteiger partial charge on any atom is -0.384 e. The molecular formula is C10H13N5O2. The largest absolute Gasteiger partial charge is 0.384 e. The number of rotatable bonds is 5. The Balaban J connectivity index is 2.04. The van der Waals surface area contributed by atoms with Crippen LogP contribution in [0.15, 0.2) is 22.9 Å². The van der Waals surface area contributed by atoms with Gasteiger partial charge in [0.15, 0.2) is 5.82 Å². The van der Waals surface area contributed by atoms with E-state index in [1.807, 2.05) is 0 Å². The maximum absolute atomic E-state index is 5.66. The number of hydrogen-bond acceptors (Lipinski definition) is 7. The van der Waals surface area contributed by atoms with E-state index in [9.17, 15) is 0 Å². The molecule has 0 radical (unpaired) electrons. The quantitative estimate of drug-likeness (QED) is 0.790. The molecule has 3 N–H and O–H groups in total. The molecule has 2 aromatic heterocycles. The number of nitrogens with one attached hydrogen (secondary N) is 1. The topological polar surface area (TPSA) is 99.1 Å². The number of anilines is 2. The second kappa shape index (κ2) is 5.26. The summed E-state index contributed by atoms with van der Waals surface area (Å²) in [5.74, 6) is 1.57. The highest BCUT2D eigenvalue weighted by Crippen LogP contribution is 2.10. The van der Waals surface area contributed by atoms with Gasteiger partial charge in [0.05, 0.1) is 6.54 Å².